The highest BCUT2D eigenvalue weighted by atomic mass is 35.5. The number of anilines is 1. The van der Waals surface area contributed by atoms with E-state index in [1.54, 1.807) is 48.5 Å². The summed E-state index contributed by atoms with van der Waals surface area (Å²) in [6.07, 6.45) is 2.07. The molecule has 1 amide bonds. The first-order valence-corrected chi connectivity index (χ1v) is 10.1. The first kappa shape index (κ1) is 17.8. The van der Waals surface area contributed by atoms with E-state index in [2.05, 4.69) is 4.72 Å². The minimum absolute atomic E-state index is 0.00642. The van der Waals surface area contributed by atoms with Gasteiger partial charge in [0.1, 0.15) is 0 Å². The Morgan fingerprint density at radius 2 is 1.60 bits per heavy atom. The summed E-state index contributed by atoms with van der Waals surface area (Å²) >= 11 is 5.80. The normalized spacial score (nSPS) is 14.5. The van der Waals surface area contributed by atoms with Gasteiger partial charge in [0.05, 0.1) is 5.75 Å². The highest BCUT2D eigenvalue weighted by Crippen LogP contribution is 2.18. The average Bonchev–Trinajstić information content (AvgIpc) is 3.11. The summed E-state index contributed by atoms with van der Waals surface area (Å²) in [7, 11) is -3.54. The van der Waals surface area contributed by atoms with Crippen LogP contribution in [0, 0.1) is 0 Å². The molecule has 0 unspecified atom stereocenters. The van der Waals surface area contributed by atoms with Gasteiger partial charge in [-0.15, -0.1) is 0 Å². The van der Waals surface area contributed by atoms with Crippen LogP contribution in [-0.4, -0.2) is 32.3 Å². The van der Waals surface area contributed by atoms with Crippen LogP contribution in [0.25, 0.3) is 0 Å². The molecule has 132 valence electrons. The molecule has 25 heavy (non-hydrogen) atoms. The van der Waals surface area contributed by atoms with Crippen LogP contribution in [0.4, 0.5) is 5.69 Å². The molecular weight excluding hydrogens is 360 g/mol. The molecular formula is C18H19ClN2O3S. The van der Waals surface area contributed by atoms with Gasteiger partial charge in [-0.05, 0) is 54.8 Å². The lowest BCUT2D eigenvalue weighted by Gasteiger charge is -2.15. The Labute approximate surface area is 152 Å². The topological polar surface area (TPSA) is 66.5 Å². The van der Waals surface area contributed by atoms with Crippen LogP contribution in [0.2, 0.25) is 5.02 Å². The summed E-state index contributed by atoms with van der Waals surface area (Å²) in [6, 6.07) is 13.2. The van der Waals surface area contributed by atoms with Gasteiger partial charge in [0, 0.05) is 29.4 Å². The fraction of sp³-hybridized carbons (Fsp3) is 0.278. The molecule has 1 N–H and O–H groups in total. The Balaban J connectivity index is 1.65. The Bertz CT molecular complexity index is 843. The highest BCUT2D eigenvalue weighted by Gasteiger charge is 2.19. The zero-order chi connectivity index (χ0) is 17.9. The lowest BCUT2D eigenvalue weighted by atomic mass is 10.2. The zero-order valence-corrected chi connectivity index (χ0v) is 15.2. The largest absolute Gasteiger partial charge is 0.339 e. The van der Waals surface area contributed by atoms with Gasteiger partial charge in [0.25, 0.3) is 5.91 Å². The number of halogens is 1. The van der Waals surface area contributed by atoms with E-state index in [0.717, 1.165) is 25.9 Å². The maximum atomic E-state index is 12.3. The third kappa shape index (κ3) is 4.74. The SMILES string of the molecule is O=C(c1ccc(NS(=O)(=O)Cc2ccc(Cl)cc2)cc1)N1CCCC1. The maximum absolute atomic E-state index is 12.3. The minimum Gasteiger partial charge on any atom is -0.339 e. The molecule has 0 atom stereocenters. The van der Waals surface area contributed by atoms with E-state index < -0.39 is 10.0 Å². The van der Waals surface area contributed by atoms with Crippen LogP contribution >= 0.6 is 11.6 Å². The van der Waals surface area contributed by atoms with Crippen molar-refractivity contribution in [1.29, 1.82) is 0 Å². The molecule has 0 radical (unpaired) electrons. The van der Waals surface area contributed by atoms with Crippen molar-refractivity contribution in [1.82, 2.24) is 4.90 Å². The summed E-state index contributed by atoms with van der Waals surface area (Å²) in [6.45, 7) is 1.57. The summed E-state index contributed by atoms with van der Waals surface area (Å²) in [5.74, 6) is -0.147. The predicted octanol–water partition coefficient (Wildman–Crippen LogP) is 3.52. The molecule has 5 nitrogen and oxygen atoms in total. The van der Waals surface area contributed by atoms with Crippen molar-refractivity contribution in [3.63, 3.8) is 0 Å². The summed E-state index contributed by atoms with van der Waals surface area (Å²) in [5.41, 5.74) is 1.66. The number of hydrogen-bond donors (Lipinski definition) is 1. The number of amides is 1. The van der Waals surface area contributed by atoms with E-state index in [1.807, 2.05) is 4.90 Å². The monoisotopic (exact) mass is 378 g/mol. The van der Waals surface area contributed by atoms with Gasteiger partial charge in [-0.25, -0.2) is 8.42 Å². The quantitative estimate of drug-likeness (QED) is 0.865. The van der Waals surface area contributed by atoms with Crippen molar-refractivity contribution in [2.45, 2.75) is 18.6 Å². The molecule has 0 spiro atoms. The summed E-state index contributed by atoms with van der Waals surface area (Å²) in [5, 5.41) is 0.562. The van der Waals surface area contributed by atoms with Crippen molar-refractivity contribution >= 4 is 33.2 Å². The average molecular weight is 379 g/mol. The van der Waals surface area contributed by atoms with E-state index in [9.17, 15) is 13.2 Å². The van der Waals surface area contributed by atoms with E-state index in [1.165, 1.54) is 0 Å². The smallest absolute Gasteiger partial charge is 0.253 e. The number of nitrogens with zero attached hydrogens (tertiary/aromatic N) is 1. The van der Waals surface area contributed by atoms with E-state index in [0.29, 0.717) is 21.8 Å². The van der Waals surface area contributed by atoms with Crippen LogP contribution in [0.1, 0.15) is 28.8 Å². The number of likely N-dealkylation sites (tertiary alicyclic amines) is 1. The van der Waals surface area contributed by atoms with Crippen LogP contribution in [0.3, 0.4) is 0 Å². The Morgan fingerprint density at radius 3 is 2.20 bits per heavy atom. The molecule has 2 aromatic carbocycles. The van der Waals surface area contributed by atoms with Gasteiger partial charge < -0.3 is 4.90 Å². The van der Waals surface area contributed by atoms with Crippen molar-refractivity contribution in [3.05, 3.63) is 64.7 Å². The summed E-state index contributed by atoms with van der Waals surface area (Å²) < 4.78 is 27.1. The fourth-order valence-corrected chi connectivity index (χ4v) is 4.12. The van der Waals surface area contributed by atoms with Crippen molar-refractivity contribution < 1.29 is 13.2 Å². The number of carbonyl (C=O) groups is 1. The third-order valence-corrected chi connectivity index (χ3v) is 5.58. The van der Waals surface area contributed by atoms with Gasteiger partial charge in [-0.1, -0.05) is 23.7 Å². The molecule has 1 saturated heterocycles. The van der Waals surface area contributed by atoms with Gasteiger partial charge in [0.2, 0.25) is 10.0 Å². The molecule has 0 saturated carbocycles. The number of sulfonamides is 1. The molecule has 1 fully saturated rings. The van der Waals surface area contributed by atoms with Gasteiger partial charge in [-0.3, -0.25) is 9.52 Å². The number of nitrogens with one attached hydrogen (secondary N) is 1. The second-order valence-corrected chi connectivity index (χ2v) is 8.22. The number of hydrogen-bond acceptors (Lipinski definition) is 3. The van der Waals surface area contributed by atoms with Gasteiger partial charge in [0.15, 0.2) is 0 Å². The lowest BCUT2D eigenvalue weighted by Crippen LogP contribution is -2.27. The molecule has 1 aliphatic heterocycles. The second-order valence-electron chi connectivity index (χ2n) is 6.06. The Kier molecular flexibility index (Phi) is 5.30. The van der Waals surface area contributed by atoms with E-state index in [-0.39, 0.29) is 11.7 Å². The van der Waals surface area contributed by atoms with Crippen LogP contribution in [-0.2, 0) is 15.8 Å². The van der Waals surface area contributed by atoms with Crippen LogP contribution in [0.5, 0.6) is 0 Å². The lowest BCUT2D eigenvalue weighted by molar-refractivity contribution is 0.0793. The number of rotatable bonds is 5. The van der Waals surface area contributed by atoms with Crippen molar-refractivity contribution in [2.24, 2.45) is 0 Å². The van der Waals surface area contributed by atoms with Crippen LogP contribution < -0.4 is 4.72 Å². The van der Waals surface area contributed by atoms with Crippen molar-refractivity contribution in [2.75, 3.05) is 17.8 Å². The van der Waals surface area contributed by atoms with E-state index >= 15 is 0 Å². The molecule has 7 heteroatoms. The molecule has 2 aromatic rings. The molecule has 0 aromatic heterocycles. The molecule has 0 aliphatic carbocycles. The molecule has 1 heterocycles. The van der Waals surface area contributed by atoms with Gasteiger partial charge >= 0.3 is 0 Å². The Hall–Kier alpha value is -2.05. The second kappa shape index (κ2) is 7.45. The Morgan fingerprint density at radius 1 is 1.00 bits per heavy atom. The first-order chi connectivity index (χ1) is 11.9. The molecule has 3 rings (SSSR count). The van der Waals surface area contributed by atoms with Crippen molar-refractivity contribution in [3.8, 4) is 0 Å². The predicted molar refractivity (Wildman–Crippen MR) is 99.3 cm³/mol. The fourth-order valence-electron chi connectivity index (χ4n) is 2.80. The zero-order valence-electron chi connectivity index (χ0n) is 13.6. The maximum Gasteiger partial charge on any atom is 0.253 e. The summed E-state index contributed by atoms with van der Waals surface area (Å²) in [4.78, 5) is 14.1. The molecule has 0 bridgehead atoms. The number of benzene rings is 2. The third-order valence-electron chi connectivity index (χ3n) is 4.07. The molecule has 1 aliphatic rings. The highest BCUT2D eigenvalue weighted by molar-refractivity contribution is 7.91. The number of carbonyl (C=O) groups excluding carboxylic acids is 1. The standard InChI is InChI=1S/C18H19ClN2O3S/c19-16-7-3-14(4-8-16)13-25(23,24)20-17-9-5-15(6-10-17)18(22)21-11-1-2-12-21/h3-10,20H,1-2,11-13H2. The van der Waals surface area contributed by atoms with Crippen LogP contribution in [0.15, 0.2) is 48.5 Å². The first-order valence-electron chi connectivity index (χ1n) is 8.07. The minimum atomic E-state index is -3.54. The van der Waals surface area contributed by atoms with E-state index in [4.69, 9.17) is 11.6 Å². The van der Waals surface area contributed by atoms with Gasteiger partial charge in [-0.2, -0.15) is 0 Å².